The molecule has 12 heteroatoms. The molecule has 5 rings (SSSR count). The highest BCUT2D eigenvalue weighted by atomic mass is 19.4. The van der Waals surface area contributed by atoms with Crippen molar-refractivity contribution in [3.05, 3.63) is 58.8 Å². The van der Waals surface area contributed by atoms with E-state index in [1.54, 1.807) is 31.2 Å². The van der Waals surface area contributed by atoms with E-state index >= 15 is 0 Å². The molecule has 214 valence electrons. The monoisotopic (exact) mass is 565 g/mol. The quantitative estimate of drug-likeness (QED) is 0.312. The molecule has 3 aromatic rings. The van der Waals surface area contributed by atoms with Gasteiger partial charge in [0.15, 0.2) is 0 Å². The number of anilines is 1. The lowest BCUT2D eigenvalue weighted by atomic mass is 9.88. The van der Waals surface area contributed by atoms with Crippen molar-refractivity contribution in [2.24, 2.45) is 0 Å². The highest BCUT2D eigenvalue weighted by molar-refractivity contribution is 5.90. The predicted octanol–water partition coefficient (Wildman–Crippen LogP) is 5.99. The number of aromatic nitrogens is 1. The Bertz CT molecular complexity index is 1390. The number of aromatic amines is 1. The van der Waals surface area contributed by atoms with Crippen molar-refractivity contribution in [3.8, 4) is 11.8 Å². The van der Waals surface area contributed by atoms with Crippen LogP contribution in [-0.4, -0.2) is 72.5 Å². The third kappa shape index (κ3) is 5.71. The smallest absolute Gasteiger partial charge is 0.401 e. The van der Waals surface area contributed by atoms with Crippen LogP contribution in [0.2, 0.25) is 0 Å². The third-order valence-electron chi connectivity index (χ3n) is 7.59. The minimum absolute atomic E-state index is 0.0194. The Kier molecular flexibility index (Phi) is 7.88. The van der Waals surface area contributed by atoms with Crippen LogP contribution in [0, 0.1) is 11.3 Å². The van der Waals surface area contributed by atoms with Crippen LogP contribution in [0.15, 0.2) is 36.4 Å². The van der Waals surface area contributed by atoms with E-state index in [-0.39, 0.29) is 23.8 Å². The van der Waals surface area contributed by atoms with Crippen LogP contribution in [-0.2, 0) is 6.42 Å². The molecule has 2 aromatic carbocycles. The number of nitriles is 1. The fraction of sp³-hybridized carbons (Fsp3) is 0.464. The first-order valence-corrected chi connectivity index (χ1v) is 13.1. The van der Waals surface area contributed by atoms with Gasteiger partial charge in [-0.1, -0.05) is 18.2 Å². The zero-order valence-electron chi connectivity index (χ0n) is 21.7. The Morgan fingerprint density at radius 1 is 1.20 bits per heavy atom. The lowest BCUT2D eigenvalue weighted by Crippen LogP contribution is -2.54. The number of rotatable bonds is 9. The molecule has 1 aromatic heterocycles. The molecule has 0 bridgehead atoms. The molecule has 0 amide bonds. The topological polar surface area (TPSA) is 67.3 Å². The molecule has 6 nitrogen and oxygen atoms in total. The van der Waals surface area contributed by atoms with Crippen molar-refractivity contribution in [1.82, 2.24) is 14.8 Å². The van der Waals surface area contributed by atoms with E-state index in [1.165, 1.54) is 17.0 Å². The molecule has 0 aliphatic carbocycles. The second-order valence-corrected chi connectivity index (χ2v) is 10.4. The molecule has 2 aliphatic heterocycles. The summed E-state index contributed by atoms with van der Waals surface area (Å²) in [6.07, 6.45) is -3.83. The van der Waals surface area contributed by atoms with Gasteiger partial charge in [-0.15, -0.1) is 0 Å². The van der Waals surface area contributed by atoms with Gasteiger partial charge in [0.05, 0.1) is 36.4 Å². The van der Waals surface area contributed by atoms with Crippen molar-refractivity contribution in [2.45, 2.75) is 50.7 Å². The molecule has 1 saturated heterocycles. The van der Waals surface area contributed by atoms with Gasteiger partial charge < -0.3 is 15.0 Å². The summed E-state index contributed by atoms with van der Waals surface area (Å²) in [7, 11) is 0. The number of hydrogen-bond acceptors (Lipinski definition) is 5. The minimum atomic E-state index is -4.54. The SMILES string of the molecule is C[C@@H]1Cc2c([nH]c3c(C#N)cccc23)[C@@H](c2ccc(NC3CN(CCCF)C3)cc2OC(F)F)N1CC(F)(F)F. The van der Waals surface area contributed by atoms with Gasteiger partial charge in [0.1, 0.15) is 11.8 Å². The number of hydrogen-bond donors (Lipinski definition) is 2. The Morgan fingerprint density at radius 3 is 2.65 bits per heavy atom. The van der Waals surface area contributed by atoms with Crippen molar-refractivity contribution in [1.29, 1.82) is 5.26 Å². The van der Waals surface area contributed by atoms with Crippen molar-refractivity contribution in [3.63, 3.8) is 0 Å². The van der Waals surface area contributed by atoms with Crippen molar-refractivity contribution < 1.29 is 31.1 Å². The Morgan fingerprint density at radius 2 is 1.98 bits per heavy atom. The molecular weight excluding hydrogens is 536 g/mol. The summed E-state index contributed by atoms with van der Waals surface area (Å²) in [6.45, 7) is -1.24. The number of nitrogens with one attached hydrogen (secondary N) is 2. The number of nitrogens with zero attached hydrogens (tertiary/aromatic N) is 3. The number of H-pyrrole nitrogens is 1. The number of benzene rings is 2. The van der Waals surface area contributed by atoms with Gasteiger partial charge in [-0.2, -0.15) is 27.2 Å². The average molecular weight is 566 g/mol. The molecule has 0 spiro atoms. The number of ether oxygens (including phenoxy) is 1. The molecule has 2 aliphatic rings. The van der Waals surface area contributed by atoms with Crippen molar-refractivity contribution in [2.75, 3.05) is 38.2 Å². The molecule has 2 atom stereocenters. The first-order chi connectivity index (χ1) is 19.1. The number of alkyl halides is 6. The van der Waals surface area contributed by atoms with Gasteiger partial charge in [0, 0.05) is 54.1 Å². The maximum Gasteiger partial charge on any atom is 0.401 e. The summed E-state index contributed by atoms with van der Waals surface area (Å²) in [4.78, 5) is 6.46. The lowest BCUT2D eigenvalue weighted by Gasteiger charge is -2.42. The predicted molar refractivity (Wildman–Crippen MR) is 138 cm³/mol. The fourth-order valence-corrected chi connectivity index (χ4v) is 5.87. The fourth-order valence-electron chi connectivity index (χ4n) is 5.87. The molecular formula is C28H29F6N5O. The standard InChI is InChI=1S/C28H29F6N5O/c1-16-10-22-20-5-2-4-17(12-35)24(20)37-25(22)26(39(16)15-28(32,33)34)21-7-6-18(11-23(21)40-27(30)31)36-19-13-38(14-19)9-3-8-29/h2,4-7,11,16,19,26-27,36-37H,3,8-10,13-15H2,1H3/t16-,26-/m1/s1. The Balaban J connectivity index is 1.56. The van der Waals surface area contributed by atoms with Gasteiger partial charge in [-0.3, -0.25) is 14.2 Å². The van der Waals surface area contributed by atoms with Crippen LogP contribution < -0.4 is 10.1 Å². The third-order valence-corrected chi connectivity index (χ3v) is 7.59. The minimum Gasteiger partial charge on any atom is -0.434 e. The second kappa shape index (κ2) is 11.2. The number of halogens is 6. The van der Waals surface area contributed by atoms with Crippen LogP contribution in [0.4, 0.5) is 32.0 Å². The van der Waals surface area contributed by atoms with Crippen molar-refractivity contribution >= 4 is 16.6 Å². The van der Waals surface area contributed by atoms with Crippen LogP contribution in [0.25, 0.3) is 10.9 Å². The summed E-state index contributed by atoms with van der Waals surface area (Å²) >= 11 is 0. The summed E-state index contributed by atoms with van der Waals surface area (Å²) in [5.41, 5.74) is 2.65. The van der Waals surface area contributed by atoms with Crippen LogP contribution in [0.3, 0.4) is 0 Å². The highest BCUT2D eigenvalue weighted by Gasteiger charge is 2.43. The number of likely N-dealkylation sites (tertiary alicyclic amines) is 1. The number of fused-ring (bicyclic) bond motifs is 3. The summed E-state index contributed by atoms with van der Waals surface area (Å²) in [5.74, 6) is -0.231. The van der Waals surface area contributed by atoms with Gasteiger partial charge in [0.2, 0.25) is 0 Å². The first-order valence-electron chi connectivity index (χ1n) is 13.1. The summed E-state index contributed by atoms with van der Waals surface area (Å²) < 4.78 is 85.9. The van der Waals surface area contributed by atoms with E-state index in [9.17, 15) is 31.6 Å². The zero-order chi connectivity index (χ0) is 28.6. The average Bonchev–Trinajstić information content (AvgIpc) is 3.23. The Labute approximate surface area is 227 Å². The number of para-hydroxylation sites is 1. The molecule has 3 heterocycles. The molecule has 40 heavy (non-hydrogen) atoms. The highest BCUT2D eigenvalue weighted by Crippen LogP contribution is 2.45. The molecule has 1 fully saturated rings. The molecule has 0 saturated carbocycles. The van der Waals surface area contributed by atoms with Gasteiger partial charge in [-0.05, 0) is 37.5 Å². The van der Waals surface area contributed by atoms with E-state index in [0.29, 0.717) is 48.5 Å². The van der Waals surface area contributed by atoms with Crippen LogP contribution in [0.5, 0.6) is 5.75 Å². The summed E-state index contributed by atoms with van der Waals surface area (Å²) in [6, 6.07) is 10.1. The van der Waals surface area contributed by atoms with E-state index in [2.05, 4.69) is 21.3 Å². The maximum absolute atomic E-state index is 13.8. The van der Waals surface area contributed by atoms with E-state index in [4.69, 9.17) is 4.74 Å². The van der Waals surface area contributed by atoms with Gasteiger partial charge in [0.25, 0.3) is 0 Å². The van der Waals surface area contributed by atoms with E-state index in [1.807, 2.05) is 0 Å². The van der Waals surface area contributed by atoms with Gasteiger partial charge >= 0.3 is 12.8 Å². The van der Waals surface area contributed by atoms with E-state index in [0.717, 1.165) is 10.9 Å². The second-order valence-electron chi connectivity index (χ2n) is 10.4. The maximum atomic E-state index is 13.8. The Hall–Kier alpha value is -3.43. The normalized spacial score (nSPS) is 20.4. The molecule has 0 unspecified atom stereocenters. The summed E-state index contributed by atoms with van der Waals surface area (Å²) in [5, 5.41) is 13.6. The first kappa shape index (κ1) is 28.1. The van der Waals surface area contributed by atoms with Crippen LogP contribution >= 0.6 is 0 Å². The largest absolute Gasteiger partial charge is 0.434 e. The molecule has 0 radical (unpaired) electrons. The van der Waals surface area contributed by atoms with E-state index < -0.39 is 38.1 Å². The zero-order valence-corrected chi connectivity index (χ0v) is 21.7. The van der Waals surface area contributed by atoms with Crippen LogP contribution in [0.1, 0.15) is 41.8 Å². The van der Waals surface area contributed by atoms with Gasteiger partial charge in [-0.25, -0.2) is 0 Å². The lowest BCUT2D eigenvalue weighted by molar-refractivity contribution is -0.155. The molecule has 2 N–H and O–H groups in total.